The number of hydrogen-bond donors (Lipinski definition) is 2. The summed E-state index contributed by atoms with van der Waals surface area (Å²) in [5, 5.41) is 10.9. The van der Waals surface area contributed by atoms with Gasteiger partial charge in [0.15, 0.2) is 0 Å². The first-order valence-electron chi connectivity index (χ1n) is 5.93. The molecular formula is C11H18N2O5S. The lowest BCUT2D eigenvalue weighted by Gasteiger charge is -2.37. The zero-order chi connectivity index (χ0) is 14.4. The van der Waals surface area contributed by atoms with Crippen molar-refractivity contribution < 1.29 is 24.2 Å². The second-order valence-electron chi connectivity index (χ2n) is 4.25. The topological polar surface area (TPSA) is 95.9 Å². The van der Waals surface area contributed by atoms with Crippen LogP contribution in [0.2, 0.25) is 0 Å². The average molecular weight is 290 g/mol. The van der Waals surface area contributed by atoms with E-state index in [1.54, 1.807) is 16.7 Å². The normalized spacial score (nSPS) is 22.9. The summed E-state index contributed by atoms with van der Waals surface area (Å²) in [5.41, 5.74) is 0. The van der Waals surface area contributed by atoms with Crippen molar-refractivity contribution in [3.8, 4) is 0 Å². The molecule has 0 aromatic carbocycles. The van der Waals surface area contributed by atoms with E-state index < -0.39 is 31.1 Å². The second-order valence-corrected chi connectivity index (χ2v) is 5.73. The van der Waals surface area contributed by atoms with Crippen LogP contribution in [0.3, 0.4) is 0 Å². The van der Waals surface area contributed by atoms with E-state index in [2.05, 4.69) is 10.1 Å². The predicted octanol–water partition coefficient (Wildman–Crippen LogP) is 0.150. The molecule has 7 nitrogen and oxygen atoms in total. The van der Waals surface area contributed by atoms with Crippen molar-refractivity contribution in [2.24, 2.45) is 0 Å². The van der Waals surface area contributed by atoms with Crippen LogP contribution in [-0.4, -0.2) is 64.7 Å². The molecule has 1 rings (SSSR count). The number of imide groups is 1. The van der Waals surface area contributed by atoms with E-state index >= 15 is 0 Å². The van der Waals surface area contributed by atoms with Gasteiger partial charge in [-0.2, -0.15) is 11.8 Å². The van der Waals surface area contributed by atoms with E-state index in [-0.39, 0.29) is 6.04 Å². The van der Waals surface area contributed by atoms with Gasteiger partial charge in [-0.3, -0.25) is 10.1 Å². The minimum atomic E-state index is -1.16. The highest BCUT2D eigenvalue weighted by Gasteiger charge is 2.29. The van der Waals surface area contributed by atoms with E-state index in [1.165, 1.54) is 0 Å². The number of hydrogen-bond acceptors (Lipinski definition) is 5. The third-order valence-electron chi connectivity index (χ3n) is 2.85. The van der Waals surface area contributed by atoms with Crippen LogP contribution in [0.5, 0.6) is 0 Å². The SMILES string of the molecule is CC1SCCN(C(=O)NC(=O)COCC(=O)O)C1C. The van der Waals surface area contributed by atoms with Crippen LogP contribution in [-0.2, 0) is 14.3 Å². The zero-order valence-electron chi connectivity index (χ0n) is 10.9. The molecule has 1 aliphatic heterocycles. The minimum Gasteiger partial charge on any atom is -0.480 e. The summed E-state index contributed by atoms with van der Waals surface area (Å²) in [4.78, 5) is 35.1. The quantitative estimate of drug-likeness (QED) is 0.765. The van der Waals surface area contributed by atoms with Gasteiger partial charge in [0, 0.05) is 23.6 Å². The Balaban J connectivity index is 2.37. The Labute approximate surface area is 115 Å². The Kier molecular flexibility index (Phi) is 6.10. The minimum absolute atomic E-state index is 0.0477. The van der Waals surface area contributed by atoms with E-state index in [4.69, 9.17) is 5.11 Å². The number of thioether (sulfide) groups is 1. The van der Waals surface area contributed by atoms with Crippen LogP contribution in [0.15, 0.2) is 0 Å². The van der Waals surface area contributed by atoms with Crippen molar-refractivity contribution in [3.63, 3.8) is 0 Å². The van der Waals surface area contributed by atoms with Crippen molar-refractivity contribution >= 4 is 29.7 Å². The maximum Gasteiger partial charge on any atom is 0.329 e. The van der Waals surface area contributed by atoms with Crippen LogP contribution in [0, 0.1) is 0 Å². The lowest BCUT2D eigenvalue weighted by Crippen LogP contribution is -2.53. The molecule has 2 atom stereocenters. The Morgan fingerprint density at radius 2 is 2.05 bits per heavy atom. The Morgan fingerprint density at radius 1 is 1.37 bits per heavy atom. The van der Waals surface area contributed by atoms with E-state index in [0.29, 0.717) is 11.8 Å². The molecule has 3 amide bonds. The summed E-state index contributed by atoms with van der Waals surface area (Å²) in [6.07, 6.45) is 0. The molecule has 108 valence electrons. The van der Waals surface area contributed by atoms with Crippen molar-refractivity contribution in [3.05, 3.63) is 0 Å². The van der Waals surface area contributed by atoms with Crippen molar-refractivity contribution in [2.45, 2.75) is 25.1 Å². The number of rotatable bonds is 4. The Bertz CT molecular complexity index is 363. The number of amides is 3. The molecule has 1 aliphatic rings. The fourth-order valence-electron chi connectivity index (χ4n) is 1.68. The molecule has 0 spiro atoms. The Hall–Kier alpha value is -1.28. The van der Waals surface area contributed by atoms with Gasteiger partial charge < -0.3 is 14.7 Å². The lowest BCUT2D eigenvalue weighted by atomic mass is 10.2. The third kappa shape index (κ3) is 5.07. The van der Waals surface area contributed by atoms with Crippen molar-refractivity contribution in [1.29, 1.82) is 0 Å². The molecule has 0 aromatic heterocycles. The first-order chi connectivity index (χ1) is 8.91. The molecular weight excluding hydrogens is 272 g/mol. The summed E-state index contributed by atoms with van der Waals surface area (Å²) in [5.74, 6) is -0.957. The number of nitrogens with one attached hydrogen (secondary N) is 1. The molecule has 0 saturated carbocycles. The summed E-state index contributed by atoms with van der Waals surface area (Å²) < 4.78 is 4.61. The highest BCUT2D eigenvalue weighted by atomic mass is 32.2. The molecule has 1 saturated heterocycles. The van der Waals surface area contributed by atoms with Crippen molar-refractivity contribution in [1.82, 2.24) is 10.2 Å². The number of nitrogens with zero attached hydrogens (tertiary/aromatic N) is 1. The number of carboxylic acids is 1. The average Bonchev–Trinajstić information content (AvgIpc) is 2.31. The molecule has 2 unspecified atom stereocenters. The first-order valence-corrected chi connectivity index (χ1v) is 6.98. The predicted molar refractivity (Wildman–Crippen MR) is 70.1 cm³/mol. The summed E-state index contributed by atoms with van der Waals surface area (Å²) in [7, 11) is 0. The van der Waals surface area contributed by atoms with Gasteiger partial charge in [-0.15, -0.1) is 0 Å². The number of ether oxygens (including phenoxy) is 1. The number of aliphatic carboxylic acids is 1. The summed E-state index contributed by atoms with van der Waals surface area (Å²) in [6, 6.07) is -0.407. The van der Waals surface area contributed by atoms with E-state index in [0.717, 1.165) is 5.75 Å². The number of carboxylic acid groups (broad SMARTS) is 1. The van der Waals surface area contributed by atoms with Gasteiger partial charge in [0.2, 0.25) is 0 Å². The first kappa shape index (κ1) is 15.8. The molecule has 0 aliphatic carbocycles. The maximum atomic E-state index is 11.9. The standard InChI is InChI=1S/C11H18N2O5S/c1-7-8(2)19-4-3-13(7)11(17)12-9(14)5-18-6-10(15)16/h7-8H,3-6H2,1-2H3,(H,15,16)(H,12,14,17). The molecule has 1 fully saturated rings. The molecule has 8 heteroatoms. The van der Waals surface area contributed by atoms with Gasteiger partial charge in [0.1, 0.15) is 13.2 Å². The van der Waals surface area contributed by atoms with Gasteiger partial charge in [0.25, 0.3) is 5.91 Å². The molecule has 2 N–H and O–H groups in total. The third-order valence-corrected chi connectivity index (χ3v) is 4.19. The number of carbonyl (C=O) groups is 3. The molecule has 1 heterocycles. The fourth-order valence-corrected chi connectivity index (χ4v) is 2.78. The number of urea groups is 1. The summed E-state index contributed by atoms with van der Waals surface area (Å²) >= 11 is 1.79. The van der Waals surface area contributed by atoms with Crippen LogP contribution in [0.25, 0.3) is 0 Å². The smallest absolute Gasteiger partial charge is 0.329 e. The molecule has 0 bridgehead atoms. The maximum absolute atomic E-state index is 11.9. The molecule has 19 heavy (non-hydrogen) atoms. The van der Waals surface area contributed by atoms with Crippen LogP contribution >= 0.6 is 11.8 Å². The second kappa shape index (κ2) is 7.34. The van der Waals surface area contributed by atoms with E-state index in [1.807, 2.05) is 13.8 Å². The summed E-state index contributed by atoms with van der Waals surface area (Å²) in [6.45, 7) is 3.56. The highest BCUT2D eigenvalue weighted by Crippen LogP contribution is 2.23. The largest absolute Gasteiger partial charge is 0.480 e. The molecule has 0 aromatic rings. The van der Waals surface area contributed by atoms with Gasteiger partial charge in [0.05, 0.1) is 0 Å². The van der Waals surface area contributed by atoms with E-state index in [9.17, 15) is 14.4 Å². The monoisotopic (exact) mass is 290 g/mol. The highest BCUT2D eigenvalue weighted by molar-refractivity contribution is 8.00. The molecule has 0 radical (unpaired) electrons. The van der Waals surface area contributed by atoms with Crippen LogP contribution in [0.4, 0.5) is 4.79 Å². The Morgan fingerprint density at radius 3 is 2.68 bits per heavy atom. The van der Waals surface area contributed by atoms with Crippen molar-refractivity contribution in [2.75, 3.05) is 25.5 Å². The lowest BCUT2D eigenvalue weighted by molar-refractivity contribution is -0.143. The van der Waals surface area contributed by atoms with Gasteiger partial charge >= 0.3 is 12.0 Å². The van der Waals surface area contributed by atoms with Gasteiger partial charge in [-0.25, -0.2) is 9.59 Å². The van der Waals surface area contributed by atoms with Gasteiger partial charge in [-0.05, 0) is 6.92 Å². The number of carbonyl (C=O) groups excluding carboxylic acids is 2. The van der Waals surface area contributed by atoms with Gasteiger partial charge in [-0.1, -0.05) is 6.92 Å². The fraction of sp³-hybridized carbons (Fsp3) is 0.727. The van der Waals surface area contributed by atoms with Crippen LogP contribution in [0.1, 0.15) is 13.8 Å². The van der Waals surface area contributed by atoms with Crippen LogP contribution < -0.4 is 5.32 Å². The zero-order valence-corrected chi connectivity index (χ0v) is 11.7.